The SMILES string of the molecule is CN(C)c1cccc(NC(=O)c2c3n(c4c(N5CCN(CCc6ccc(F)c(F)c6)CC5)ncnc24)CCCC3)c1. The lowest BCUT2D eigenvalue weighted by Gasteiger charge is -2.35. The molecule has 2 aromatic carbocycles. The van der Waals surface area contributed by atoms with E-state index in [1.54, 1.807) is 12.4 Å². The number of piperazine rings is 1. The predicted octanol–water partition coefficient (Wildman–Crippen LogP) is 4.73. The lowest BCUT2D eigenvalue weighted by atomic mass is 10.1. The van der Waals surface area contributed by atoms with Gasteiger partial charge in [0.1, 0.15) is 17.4 Å². The number of benzene rings is 2. The van der Waals surface area contributed by atoms with E-state index >= 15 is 0 Å². The summed E-state index contributed by atoms with van der Waals surface area (Å²) in [7, 11) is 3.95. The Morgan fingerprint density at radius 1 is 0.976 bits per heavy atom. The van der Waals surface area contributed by atoms with E-state index in [4.69, 9.17) is 4.98 Å². The van der Waals surface area contributed by atoms with Gasteiger partial charge in [0.2, 0.25) is 0 Å². The van der Waals surface area contributed by atoms with E-state index in [1.165, 1.54) is 12.1 Å². The van der Waals surface area contributed by atoms with Gasteiger partial charge in [-0.05, 0) is 61.6 Å². The van der Waals surface area contributed by atoms with E-state index in [9.17, 15) is 13.6 Å². The molecule has 1 saturated heterocycles. The number of aromatic nitrogens is 3. The number of nitrogens with zero attached hydrogens (tertiary/aromatic N) is 6. The number of aryl methyl sites for hydroxylation is 1. The highest BCUT2D eigenvalue weighted by atomic mass is 19.2. The smallest absolute Gasteiger partial charge is 0.259 e. The molecule has 4 aromatic rings. The van der Waals surface area contributed by atoms with Crippen molar-refractivity contribution in [2.24, 2.45) is 0 Å². The molecular formula is C31H35F2N7O. The third kappa shape index (κ3) is 5.48. The Morgan fingerprint density at radius 3 is 2.59 bits per heavy atom. The van der Waals surface area contributed by atoms with E-state index in [0.29, 0.717) is 17.5 Å². The maximum absolute atomic E-state index is 13.7. The Labute approximate surface area is 238 Å². The van der Waals surface area contributed by atoms with Crippen LogP contribution in [-0.2, 0) is 19.4 Å². The van der Waals surface area contributed by atoms with Crippen molar-refractivity contribution >= 4 is 34.1 Å². The molecule has 0 aliphatic carbocycles. The van der Waals surface area contributed by atoms with Crippen molar-refractivity contribution < 1.29 is 13.6 Å². The number of fused-ring (bicyclic) bond motifs is 3. The molecule has 41 heavy (non-hydrogen) atoms. The molecule has 0 saturated carbocycles. The molecule has 4 heterocycles. The van der Waals surface area contributed by atoms with Crippen LogP contribution in [-0.4, -0.2) is 72.2 Å². The minimum atomic E-state index is -0.815. The summed E-state index contributed by atoms with van der Waals surface area (Å²) >= 11 is 0. The van der Waals surface area contributed by atoms with Gasteiger partial charge in [0.05, 0.1) is 5.56 Å². The molecule has 1 fully saturated rings. The molecule has 10 heteroatoms. The van der Waals surface area contributed by atoms with Crippen molar-refractivity contribution in [2.75, 3.05) is 61.9 Å². The number of carbonyl (C=O) groups is 1. The van der Waals surface area contributed by atoms with Gasteiger partial charge in [0, 0.05) is 70.4 Å². The van der Waals surface area contributed by atoms with Gasteiger partial charge >= 0.3 is 0 Å². The Bertz CT molecular complexity index is 1580. The largest absolute Gasteiger partial charge is 0.378 e. The van der Waals surface area contributed by atoms with Gasteiger partial charge in [0.25, 0.3) is 5.91 Å². The highest BCUT2D eigenvalue weighted by Crippen LogP contribution is 2.35. The molecule has 6 rings (SSSR count). The lowest BCUT2D eigenvalue weighted by Crippen LogP contribution is -2.47. The van der Waals surface area contributed by atoms with E-state index in [1.807, 2.05) is 43.3 Å². The molecule has 214 valence electrons. The highest BCUT2D eigenvalue weighted by molar-refractivity contribution is 6.14. The van der Waals surface area contributed by atoms with Crippen molar-refractivity contribution in [3.63, 3.8) is 0 Å². The molecular weight excluding hydrogens is 524 g/mol. The number of carbonyl (C=O) groups excluding carboxylic acids is 1. The first-order chi connectivity index (χ1) is 19.9. The van der Waals surface area contributed by atoms with E-state index in [0.717, 1.165) is 92.5 Å². The zero-order valence-electron chi connectivity index (χ0n) is 23.5. The van der Waals surface area contributed by atoms with E-state index < -0.39 is 11.6 Å². The topological polar surface area (TPSA) is 69.5 Å². The van der Waals surface area contributed by atoms with Crippen LogP contribution < -0.4 is 15.1 Å². The maximum atomic E-state index is 13.7. The second-order valence-electron chi connectivity index (χ2n) is 11.1. The normalized spacial score (nSPS) is 15.7. The summed E-state index contributed by atoms with van der Waals surface area (Å²) in [6.45, 7) is 4.84. The molecule has 2 aromatic heterocycles. The first kappa shape index (κ1) is 27.1. The first-order valence-corrected chi connectivity index (χ1v) is 14.2. The summed E-state index contributed by atoms with van der Waals surface area (Å²) in [5, 5.41) is 3.12. The summed E-state index contributed by atoms with van der Waals surface area (Å²) in [5.74, 6) is -0.892. The predicted molar refractivity (Wildman–Crippen MR) is 158 cm³/mol. The molecule has 2 aliphatic heterocycles. The summed E-state index contributed by atoms with van der Waals surface area (Å²) < 4.78 is 29.1. The van der Waals surface area contributed by atoms with Crippen LogP contribution in [0, 0.1) is 11.6 Å². The average molecular weight is 560 g/mol. The zero-order chi connectivity index (χ0) is 28.5. The number of amides is 1. The minimum absolute atomic E-state index is 0.145. The average Bonchev–Trinajstić information content (AvgIpc) is 3.33. The maximum Gasteiger partial charge on any atom is 0.259 e. The lowest BCUT2D eigenvalue weighted by molar-refractivity contribution is 0.102. The third-order valence-corrected chi connectivity index (χ3v) is 8.19. The van der Waals surface area contributed by atoms with Crippen LogP contribution in [0.15, 0.2) is 48.8 Å². The quantitative estimate of drug-likeness (QED) is 0.353. The second-order valence-corrected chi connectivity index (χ2v) is 11.1. The standard InChI is InChI=1S/C31H35F2N7O/c1-37(2)23-7-5-6-22(19-23)36-31(41)27-26-8-3-4-12-40(26)29-28(27)34-20-35-30(29)39-16-14-38(15-17-39)13-11-21-9-10-24(32)25(33)18-21/h5-7,9-10,18-20H,3-4,8,11-17H2,1-2H3,(H,36,41). The Morgan fingerprint density at radius 2 is 1.80 bits per heavy atom. The summed E-state index contributed by atoms with van der Waals surface area (Å²) in [5.41, 5.74) is 5.86. The van der Waals surface area contributed by atoms with Crippen LogP contribution in [0.3, 0.4) is 0 Å². The zero-order valence-corrected chi connectivity index (χ0v) is 23.5. The fourth-order valence-electron chi connectivity index (χ4n) is 5.97. The van der Waals surface area contributed by atoms with Gasteiger partial charge < -0.3 is 19.7 Å². The molecule has 0 spiro atoms. The highest BCUT2D eigenvalue weighted by Gasteiger charge is 2.30. The van der Waals surface area contributed by atoms with Crippen molar-refractivity contribution in [3.8, 4) is 0 Å². The Balaban J connectivity index is 1.22. The van der Waals surface area contributed by atoms with E-state index in [-0.39, 0.29) is 5.91 Å². The molecule has 8 nitrogen and oxygen atoms in total. The van der Waals surface area contributed by atoms with Crippen LogP contribution in [0.4, 0.5) is 26.0 Å². The monoisotopic (exact) mass is 559 g/mol. The minimum Gasteiger partial charge on any atom is -0.378 e. The van der Waals surface area contributed by atoms with Gasteiger partial charge in [-0.1, -0.05) is 12.1 Å². The van der Waals surface area contributed by atoms with Crippen LogP contribution in [0.2, 0.25) is 0 Å². The second kappa shape index (κ2) is 11.4. The van der Waals surface area contributed by atoms with Crippen molar-refractivity contribution in [2.45, 2.75) is 32.2 Å². The number of anilines is 3. The molecule has 1 amide bonds. The molecule has 0 radical (unpaired) electrons. The number of rotatable bonds is 7. The third-order valence-electron chi connectivity index (χ3n) is 8.19. The van der Waals surface area contributed by atoms with Gasteiger partial charge in [-0.25, -0.2) is 18.7 Å². The fourth-order valence-corrected chi connectivity index (χ4v) is 5.97. The molecule has 0 unspecified atom stereocenters. The van der Waals surface area contributed by atoms with Crippen molar-refractivity contribution in [3.05, 3.63) is 77.2 Å². The van der Waals surface area contributed by atoms with Crippen molar-refractivity contribution in [1.29, 1.82) is 0 Å². The van der Waals surface area contributed by atoms with Crippen LogP contribution >= 0.6 is 0 Å². The summed E-state index contributed by atoms with van der Waals surface area (Å²) in [6.07, 6.45) is 5.15. The number of halogens is 2. The van der Waals surface area contributed by atoms with Gasteiger partial charge in [-0.15, -0.1) is 0 Å². The van der Waals surface area contributed by atoms with Crippen LogP contribution in [0.1, 0.15) is 34.5 Å². The molecule has 2 aliphatic rings. The number of nitrogens with one attached hydrogen (secondary N) is 1. The number of hydrogen-bond donors (Lipinski definition) is 1. The number of hydrogen-bond acceptors (Lipinski definition) is 6. The summed E-state index contributed by atoms with van der Waals surface area (Å²) in [6, 6.07) is 11.9. The van der Waals surface area contributed by atoms with Crippen LogP contribution in [0.25, 0.3) is 11.0 Å². The van der Waals surface area contributed by atoms with Gasteiger partial charge in [-0.3, -0.25) is 9.69 Å². The Kier molecular flexibility index (Phi) is 7.57. The van der Waals surface area contributed by atoms with E-state index in [2.05, 4.69) is 24.7 Å². The first-order valence-electron chi connectivity index (χ1n) is 14.2. The summed E-state index contributed by atoms with van der Waals surface area (Å²) in [4.78, 5) is 29.7. The van der Waals surface area contributed by atoms with Gasteiger partial charge in [0.15, 0.2) is 17.5 Å². The molecule has 0 atom stereocenters. The van der Waals surface area contributed by atoms with Crippen molar-refractivity contribution in [1.82, 2.24) is 19.4 Å². The molecule has 0 bridgehead atoms. The Hall–Kier alpha value is -4.05. The van der Waals surface area contributed by atoms with Gasteiger partial charge in [-0.2, -0.15) is 0 Å². The fraction of sp³-hybridized carbons (Fsp3) is 0.387. The molecule has 1 N–H and O–H groups in total. The van der Waals surface area contributed by atoms with Crippen LogP contribution in [0.5, 0.6) is 0 Å².